The Kier molecular flexibility index (Phi) is 12.5. The highest BCUT2D eigenvalue weighted by Crippen LogP contribution is 2.41. The fourth-order valence-corrected chi connectivity index (χ4v) is 6.16. The average Bonchev–Trinajstić information content (AvgIpc) is 3.18. The summed E-state index contributed by atoms with van der Waals surface area (Å²) in [6.07, 6.45) is -27.3. The molecule has 3 aromatic rings. The van der Waals surface area contributed by atoms with Crippen molar-refractivity contribution in [3.8, 4) is 40.1 Å². The number of fused-ring (bicyclic) bond motifs is 1. The molecule has 23 heteroatoms. The van der Waals surface area contributed by atoms with E-state index in [0.29, 0.717) is 0 Å². The normalized spacial score (nSPS) is 36.3. The van der Waals surface area contributed by atoms with E-state index < -0.39 is 163 Å². The van der Waals surface area contributed by atoms with Gasteiger partial charge in [-0.1, -0.05) is 0 Å². The first kappa shape index (κ1) is 41.6. The highest BCUT2D eigenvalue weighted by Gasteiger charge is 2.48. The Labute approximate surface area is 313 Å². The van der Waals surface area contributed by atoms with Crippen molar-refractivity contribution in [3.05, 3.63) is 40.6 Å². The number of benzene rings is 2. The zero-order chi connectivity index (χ0) is 40.7. The zero-order valence-corrected chi connectivity index (χ0v) is 28.6. The highest BCUT2D eigenvalue weighted by atomic mass is 17.2. The predicted octanol–water partition coefficient (Wildman–Crippen LogP) is -5.66. The average molecular weight is 805 g/mol. The third kappa shape index (κ3) is 7.81. The molecule has 3 aliphatic rings. The maximum Gasteiger partial charge on any atom is 0.239 e. The molecule has 0 radical (unpaired) electrons. The molecule has 3 aliphatic heterocycles. The molecule has 0 bridgehead atoms. The lowest BCUT2D eigenvalue weighted by Gasteiger charge is -2.39. The second-order valence-electron chi connectivity index (χ2n) is 13.1. The molecule has 3 fully saturated rings. The molecule has 3 saturated heterocycles. The van der Waals surface area contributed by atoms with Gasteiger partial charge in [0.2, 0.25) is 30.0 Å². The maximum absolute atomic E-state index is 14.5. The quantitative estimate of drug-likeness (QED) is 0.0488. The van der Waals surface area contributed by atoms with E-state index in [9.17, 15) is 76.3 Å². The number of aliphatic hydroxyl groups excluding tert-OH is 12. The van der Waals surface area contributed by atoms with Crippen molar-refractivity contribution in [3.63, 3.8) is 0 Å². The van der Waals surface area contributed by atoms with Crippen molar-refractivity contribution in [2.75, 3.05) is 19.8 Å². The van der Waals surface area contributed by atoms with E-state index in [4.69, 9.17) is 37.9 Å². The minimum atomic E-state index is -2.05. The largest absolute Gasteiger partial charge is 0.504 e. The summed E-state index contributed by atoms with van der Waals surface area (Å²) in [5.74, 6) is -3.79. The number of hydrogen-bond acceptors (Lipinski definition) is 23. The lowest BCUT2D eigenvalue weighted by molar-refractivity contribution is -0.386. The van der Waals surface area contributed by atoms with Crippen LogP contribution in [0.15, 0.2) is 39.5 Å². The van der Waals surface area contributed by atoms with Crippen LogP contribution < -0.4 is 19.8 Å². The Morgan fingerprint density at radius 2 is 1.07 bits per heavy atom. The number of ether oxygens (including phenoxy) is 5. The van der Waals surface area contributed by atoms with Crippen LogP contribution in [0, 0.1) is 0 Å². The van der Waals surface area contributed by atoms with E-state index >= 15 is 0 Å². The minimum Gasteiger partial charge on any atom is -0.504 e. The molecular formula is C33H40O23. The zero-order valence-electron chi connectivity index (χ0n) is 28.6. The number of phenolic OH excluding ortho intramolecular Hbond substituents is 2. The van der Waals surface area contributed by atoms with Gasteiger partial charge in [-0.3, -0.25) is 4.79 Å². The molecule has 15 atom stereocenters. The number of rotatable bonds is 11. The second-order valence-corrected chi connectivity index (χ2v) is 13.1. The van der Waals surface area contributed by atoms with E-state index in [-0.39, 0.29) is 5.56 Å². The summed E-state index contributed by atoms with van der Waals surface area (Å²) >= 11 is 0. The first-order chi connectivity index (χ1) is 26.6. The molecule has 56 heavy (non-hydrogen) atoms. The molecule has 4 heterocycles. The van der Waals surface area contributed by atoms with Gasteiger partial charge in [0.15, 0.2) is 23.0 Å². The fourth-order valence-electron chi connectivity index (χ4n) is 6.16. The molecule has 0 spiro atoms. The molecule has 6 rings (SSSR count). The summed E-state index contributed by atoms with van der Waals surface area (Å²) in [6.45, 7) is -2.55. The highest BCUT2D eigenvalue weighted by molar-refractivity contribution is 5.88. The standard InChI is InChI=1S/C33H40O23/c34-6-15-19(39)23(43)26(46)31(51-15)49-10-4-13-18(14(5-10)55-56-33-28(48)25(45)21(41)17(8-36)53-33)22(42)30(29(50-13)9-1-2-11(37)12(38)3-9)54-32-27(47)24(44)20(40)16(7-35)52-32/h1-5,15-17,19-21,23-28,31-41,43-48H,6-8H2/t15-,16-,17-,19-,20-,21-,23+,24+,25+,26-,27-,28-,31?,32?,33?/m1/s1. The van der Waals surface area contributed by atoms with E-state index in [1.54, 1.807) is 0 Å². The van der Waals surface area contributed by atoms with Crippen LogP contribution in [-0.2, 0) is 19.1 Å². The van der Waals surface area contributed by atoms with E-state index in [1.807, 2.05) is 0 Å². The molecule has 1 aromatic heterocycles. The predicted molar refractivity (Wildman–Crippen MR) is 176 cm³/mol. The summed E-state index contributed by atoms with van der Waals surface area (Å²) in [4.78, 5) is 25.1. The molecule has 2 aromatic carbocycles. The van der Waals surface area contributed by atoms with Gasteiger partial charge in [-0.25, -0.2) is 0 Å². The molecular weight excluding hydrogens is 764 g/mol. The van der Waals surface area contributed by atoms with Gasteiger partial charge in [-0.05, 0) is 18.2 Å². The topological polar surface area (TPSA) is 378 Å². The second kappa shape index (κ2) is 16.9. The Morgan fingerprint density at radius 3 is 1.59 bits per heavy atom. The van der Waals surface area contributed by atoms with Crippen LogP contribution in [0.3, 0.4) is 0 Å². The van der Waals surface area contributed by atoms with Crippen LogP contribution in [-0.4, -0.2) is 183 Å². The summed E-state index contributed by atoms with van der Waals surface area (Å²) in [6, 6.07) is 5.03. The van der Waals surface area contributed by atoms with Crippen molar-refractivity contribution < 1.29 is 109 Å². The lowest BCUT2D eigenvalue weighted by Crippen LogP contribution is -2.60. The first-order valence-electron chi connectivity index (χ1n) is 16.8. The smallest absolute Gasteiger partial charge is 0.239 e. The van der Waals surface area contributed by atoms with Gasteiger partial charge in [0.25, 0.3) is 0 Å². The van der Waals surface area contributed by atoms with E-state index in [1.165, 1.54) is 0 Å². The van der Waals surface area contributed by atoms with Crippen LogP contribution in [0.25, 0.3) is 22.3 Å². The lowest BCUT2D eigenvalue weighted by atomic mass is 9.99. The Morgan fingerprint density at radius 1 is 0.571 bits per heavy atom. The molecule has 0 aliphatic carbocycles. The molecule has 0 saturated carbocycles. The molecule has 310 valence electrons. The van der Waals surface area contributed by atoms with Gasteiger partial charge >= 0.3 is 0 Å². The van der Waals surface area contributed by atoms with Crippen molar-refractivity contribution in [2.45, 2.75) is 92.1 Å². The summed E-state index contributed by atoms with van der Waals surface area (Å²) in [5, 5.41) is 142. The van der Waals surface area contributed by atoms with Crippen molar-refractivity contribution in [1.82, 2.24) is 0 Å². The number of hydrogen-bond donors (Lipinski definition) is 14. The van der Waals surface area contributed by atoms with Gasteiger partial charge in [0.1, 0.15) is 90.0 Å². The maximum atomic E-state index is 14.5. The van der Waals surface area contributed by atoms with Crippen molar-refractivity contribution in [1.29, 1.82) is 0 Å². The number of aliphatic hydroxyl groups is 12. The van der Waals surface area contributed by atoms with Gasteiger partial charge in [-0.15, -0.1) is 0 Å². The van der Waals surface area contributed by atoms with Gasteiger partial charge < -0.3 is 104 Å². The monoisotopic (exact) mass is 804 g/mol. The fraction of sp³-hybridized carbons (Fsp3) is 0.545. The third-order valence-electron chi connectivity index (χ3n) is 9.39. The van der Waals surface area contributed by atoms with Crippen molar-refractivity contribution >= 4 is 11.0 Å². The molecule has 14 N–H and O–H groups in total. The minimum absolute atomic E-state index is 0.167. The molecule has 3 unspecified atom stereocenters. The SMILES string of the molecule is O=c1c(OC2O[C@H](CO)[C@@H](O)[C@H](O)[C@H]2O)c(-c2ccc(O)c(O)c2)oc2cc(OC3O[C@H](CO)[C@@H](O)[C@H](O)[C@H]3O)cc(OOC3O[C@H](CO)[C@@H](O)[C@H](O)[C@H]3O)c12. The number of aromatic hydroxyl groups is 2. The van der Waals surface area contributed by atoms with Gasteiger partial charge in [-0.2, -0.15) is 4.89 Å². The van der Waals surface area contributed by atoms with Gasteiger partial charge in [0.05, 0.1) is 19.8 Å². The Hall–Kier alpha value is -3.99. The van der Waals surface area contributed by atoms with Crippen LogP contribution in [0.2, 0.25) is 0 Å². The van der Waals surface area contributed by atoms with Crippen molar-refractivity contribution in [2.24, 2.45) is 0 Å². The Balaban J connectivity index is 1.49. The van der Waals surface area contributed by atoms with Crippen LogP contribution in [0.4, 0.5) is 0 Å². The summed E-state index contributed by atoms with van der Waals surface area (Å²) < 4.78 is 33.6. The Bertz CT molecular complexity index is 1880. The molecule has 0 amide bonds. The van der Waals surface area contributed by atoms with Crippen LogP contribution in [0.1, 0.15) is 0 Å². The van der Waals surface area contributed by atoms with E-state index in [2.05, 4.69) is 0 Å². The van der Waals surface area contributed by atoms with Gasteiger partial charge in [0, 0.05) is 17.7 Å². The first-order valence-corrected chi connectivity index (χ1v) is 16.8. The summed E-state index contributed by atoms with van der Waals surface area (Å²) in [7, 11) is 0. The molecule has 23 nitrogen and oxygen atoms in total. The summed E-state index contributed by atoms with van der Waals surface area (Å²) in [5.41, 5.74) is -1.86. The van der Waals surface area contributed by atoms with Crippen LogP contribution in [0.5, 0.6) is 28.7 Å². The third-order valence-corrected chi connectivity index (χ3v) is 9.39. The number of phenols is 2. The van der Waals surface area contributed by atoms with E-state index in [0.717, 1.165) is 30.3 Å². The van der Waals surface area contributed by atoms with Crippen LogP contribution >= 0.6 is 0 Å².